The number of thioether (sulfide) groups is 1. The number of nitrogens with zero attached hydrogens (tertiary/aromatic N) is 2. The van der Waals surface area contributed by atoms with E-state index in [2.05, 4.69) is 22.2 Å². The van der Waals surface area contributed by atoms with Gasteiger partial charge in [0.25, 0.3) is 5.88 Å². The van der Waals surface area contributed by atoms with E-state index in [-0.39, 0.29) is 11.7 Å². The average molecular weight is 424 g/mol. The van der Waals surface area contributed by atoms with Crippen LogP contribution in [0.3, 0.4) is 0 Å². The Kier molecular flexibility index (Phi) is 8.53. The molecule has 3 rings (SSSR count). The van der Waals surface area contributed by atoms with E-state index in [1.54, 1.807) is 12.4 Å². The molecule has 0 atom stereocenters. The van der Waals surface area contributed by atoms with Gasteiger partial charge in [0.05, 0.1) is 12.4 Å². The summed E-state index contributed by atoms with van der Waals surface area (Å²) in [7, 11) is 0. The van der Waals surface area contributed by atoms with Crippen LogP contribution in [-0.4, -0.2) is 28.2 Å². The van der Waals surface area contributed by atoms with Crippen LogP contribution in [0.1, 0.15) is 25.3 Å². The van der Waals surface area contributed by atoms with Crippen molar-refractivity contribution in [3.63, 3.8) is 0 Å². The highest BCUT2D eigenvalue weighted by Crippen LogP contribution is 2.28. The molecular formula is C23H25N3O3S. The second-order valence-corrected chi connectivity index (χ2v) is 7.46. The maximum Gasteiger partial charge on any atom is 0.252 e. The Morgan fingerprint density at radius 2 is 1.77 bits per heavy atom. The molecule has 3 aromatic rings. The van der Waals surface area contributed by atoms with Crippen molar-refractivity contribution >= 4 is 17.7 Å². The van der Waals surface area contributed by atoms with Gasteiger partial charge in [-0.05, 0) is 36.2 Å². The minimum Gasteiger partial charge on any atom is -0.494 e. The van der Waals surface area contributed by atoms with E-state index in [1.807, 2.05) is 54.6 Å². The number of carbonyl (C=O) groups is 1. The SMILES string of the molecule is CCCCOc1ccc(CNC(=O)CSc2nccnc2Oc2ccccc2)cc1. The molecule has 0 aliphatic rings. The molecule has 1 amide bonds. The lowest BCUT2D eigenvalue weighted by Gasteiger charge is -2.09. The molecule has 0 fully saturated rings. The summed E-state index contributed by atoms with van der Waals surface area (Å²) >= 11 is 1.29. The molecule has 1 heterocycles. The number of unbranched alkanes of at least 4 members (excludes halogenated alkanes) is 1. The molecule has 0 bridgehead atoms. The van der Waals surface area contributed by atoms with Crippen LogP contribution in [0.5, 0.6) is 17.4 Å². The number of hydrogen-bond acceptors (Lipinski definition) is 6. The molecule has 0 aliphatic carbocycles. The van der Waals surface area contributed by atoms with Crippen LogP contribution in [0, 0.1) is 0 Å². The van der Waals surface area contributed by atoms with Gasteiger partial charge in [-0.3, -0.25) is 4.79 Å². The van der Waals surface area contributed by atoms with Crippen molar-refractivity contribution in [3.05, 3.63) is 72.6 Å². The Hall–Kier alpha value is -3.06. The summed E-state index contributed by atoms with van der Waals surface area (Å²) in [5, 5.41) is 3.49. The van der Waals surface area contributed by atoms with E-state index < -0.39 is 0 Å². The fraction of sp³-hybridized carbons (Fsp3) is 0.261. The average Bonchev–Trinajstić information content (AvgIpc) is 2.79. The third-order valence-corrected chi connectivity index (χ3v) is 5.07. The molecule has 156 valence electrons. The number of ether oxygens (including phenoxy) is 2. The van der Waals surface area contributed by atoms with Crippen molar-refractivity contribution < 1.29 is 14.3 Å². The second-order valence-electron chi connectivity index (χ2n) is 6.49. The monoisotopic (exact) mass is 423 g/mol. The van der Waals surface area contributed by atoms with Gasteiger partial charge in [-0.2, -0.15) is 0 Å². The number of nitrogens with one attached hydrogen (secondary N) is 1. The molecule has 1 aromatic heterocycles. The molecule has 0 saturated heterocycles. The Labute approximate surface area is 181 Å². The Balaban J connectivity index is 1.46. The van der Waals surface area contributed by atoms with Crippen LogP contribution in [0.25, 0.3) is 0 Å². The number of benzene rings is 2. The number of rotatable bonds is 11. The molecule has 0 unspecified atom stereocenters. The Morgan fingerprint density at radius 1 is 1.00 bits per heavy atom. The normalized spacial score (nSPS) is 10.4. The first kappa shape index (κ1) is 21.6. The lowest BCUT2D eigenvalue weighted by atomic mass is 10.2. The van der Waals surface area contributed by atoms with Gasteiger partial charge in [-0.1, -0.05) is 55.4 Å². The van der Waals surface area contributed by atoms with E-state index >= 15 is 0 Å². The van der Waals surface area contributed by atoms with Gasteiger partial charge in [0.15, 0.2) is 5.03 Å². The highest BCUT2D eigenvalue weighted by Gasteiger charge is 2.11. The number of amides is 1. The molecule has 0 spiro atoms. The van der Waals surface area contributed by atoms with E-state index in [1.165, 1.54) is 11.8 Å². The van der Waals surface area contributed by atoms with Crippen molar-refractivity contribution in [2.24, 2.45) is 0 Å². The highest BCUT2D eigenvalue weighted by molar-refractivity contribution is 8.00. The summed E-state index contributed by atoms with van der Waals surface area (Å²) in [6.45, 7) is 3.32. The molecule has 7 heteroatoms. The molecule has 0 saturated carbocycles. The fourth-order valence-electron chi connectivity index (χ4n) is 2.51. The quantitative estimate of drug-likeness (QED) is 0.351. The van der Waals surface area contributed by atoms with E-state index in [0.29, 0.717) is 23.2 Å². The first-order chi connectivity index (χ1) is 14.7. The van der Waals surface area contributed by atoms with Crippen LogP contribution in [0.2, 0.25) is 0 Å². The van der Waals surface area contributed by atoms with E-state index in [4.69, 9.17) is 9.47 Å². The van der Waals surface area contributed by atoms with E-state index in [0.717, 1.165) is 30.8 Å². The Bertz CT molecular complexity index is 920. The number of aromatic nitrogens is 2. The zero-order valence-electron chi connectivity index (χ0n) is 16.9. The topological polar surface area (TPSA) is 73.3 Å². The van der Waals surface area contributed by atoms with Crippen molar-refractivity contribution in [1.29, 1.82) is 0 Å². The number of hydrogen-bond donors (Lipinski definition) is 1. The molecular weight excluding hydrogens is 398 g/mol. The van der Waals surface area contributed by atoms with Crippen molar-refractivity contribution in [2.75, 3.05) is 12.4 Å². The van der Waals surface area contributed by atoms with Gasteiger partial charge in [0.2, 0.25) is 5.91 Å². The highest BCUT2D eigenvalue weighted by atomic mass is 32.2. The van der Waals surface area contributed by atoms with Crippen LogP contribution in [0.4, 0.5) is 0 Å². The predicted octanol–water partition coefficient (Wildman–Crippen LogP) is 4.86. The van der Waals surface area contributed by atoms with Crippen molar-refractivity contribution in [1.82, 2.24) is 15.3 Å². The molecule has 1 N–H and O–H groups in total. The smallest absolute Gasteiger partial charge is 0.252 e. The largest absolute Gasteiger partial charge is 0.494 e. The fourth-order valence-corrected chi connectivity index (χ4v) is 3.23. The molecule has 0 radical (unpaired) electrons. The summed E-state index contributed by atoms with van der Waals surface area (Å²) < 4.78 is 11.4. The third-order valence-electron chi connectivity index (χ3n) is 4.11. The van der Waals surface area contributed by atoms with Gasteiger partial charge in [0, 0.05) is 18.9 Å². The molecule has 0 aliphatic heterocycles. The molecule has 6 nitrogen and oxygen atoms in total. The maximum atomic E-state index is 12.3. The summed E-state index contributed by atoms with van der Waals surface area (Å²) in [5.41, 5.74) is 1.02. The minimum absolute atomic E-state index is 0.0837. The first-order valence-electron chi connectivity index (χ1n) is 9.89. The van der Waals surface area contributed by atoms with Crippen molar-refractivity contribution in [3.8, 4) is 17.4 Å². The number of para-hydroxylation sites is 1. The lowest BCUT2D eigenvalue weighted by molar-refractivity contribution is -0.118. The summed E-state index contributed by atoms with van der Waals surface area (Å²) in [5.74, 6) is 2.05. The zero-order chi connectivity index (χ0) is 21.0. The maximum absolute atomic E-state index is 12.3. The van der Waals surface area contributed by atoms with Gasteiger partial charge in [0.1, 0.15) is 11.5 Å². The van der Waals surface area contributed by atoms with Gasteiger partial charge in [-0.15, -0.1) is 0 Å². The predicted molar refractivity (Wildman–Crippen MR) is 118 cm³/mol. The third kappa shape index (κ3) is 7.08. The zero-order valence-corrected chi connectivity index (χ0v) is 17.7. The van der Waals surface area contributed by atoms with Crippen molar-refractivity contribution in [2.45, 2.75) is 31.3 Å². The van der Waals surface area contributed by atoms with Crippen LogP contribution in [0.15, 0.2) is 72.0 Å². The molecule has 30 heavy (non-hydrogen) atoms. The van der Waals surface area contributed by atoms with Crippen LogP contribution >= 0.6 is 11.8 Å². The second kappa shape index (κ2) is 11.8. The Morgan fingerprint density at radius 3 is 2.53 bits per heavy atom. The lowest BCUT2D eigenvalue weighted by Crippen LogP contribution is -2.24. The summed E-state index contributed by atoms with van der Waals surface area (Å²) in [6.07, 6.45) is 5.30. The molecule has 2 aromatic carbocycles. The summed E-state index contributed by atoms with van der Waals surface area (Å²) in [4.78, 5) is 20.8. The van der Waals surface area contributed by atoms with Gasteiger partial charge in [-0.25, -0.2) is 9.97 Å². The van der Waals surface area contributed by atoms with Crippen LogP contribution in [-0.2, 0) is 11.3 Å². The number of carbonyl (C=O) groups excluding carboxylic acids is 1. The van der Waals surface area contributed by atoms with Gasteiger partial charge < -0.3 is 14.8 Å². The van der Waals surface area contributed by atoms with Crippen LogP contribution < -0.4 is 14.8 Å². The van der Waals surface area contributed by atoms with Gasteiger partial charge >= 0.3 is 0 Å². The summed E-state index contributed by atoms with van der Waals surface area (Å²) in [6, 6.07) is 17.2. The minimum atomic E-state index is -0.0837. The van der Waals surface area contributed by atoms with E-state index in [9.17, 15) is 4.79 Å². The first-order valence-corrected chi connectivity index (χ1v) is 10.9. The standard InChI is InChI=1S/C23H25N3O3S/c1-2-3-15-28-19-11-9-18(10-12-19)16-26-21(27)17-30-23-22(24-13-14-25-23)29-20-7-5-4-6-8-20/h4-14H,2-3,15-17H2,1H3,(H,26,27).